The Kier molecular flexibility index (Phi) is 5.36. The first-order valence-electron chi connectivity index (χ1n) is 3.56. The van der Waals surface area contributed by atoms with Crippen LogP contribution in [0.3, 0.4) is 0 Å². The van der Waals surface area contributed by atoms with E-state index in [0.29, 0.717) is 0 Å². The summed E-state index contributed by atoms with van der Waals surface area (Å²) in [4.78, 5) is 0. The monoisotopic (exact) mass is 366 g/mol. The number of hydrogen-bond donors (Lipinski definition) is 0. The van der Waals surface area contributed by atoms with Crippen molar-refractivity contribution in [3.63, 3.8) is 0 Å². The van der Waals surface area contributed by atoms with Crippen LogP contribution in [0.2, 0.25) is 0 Å². The maximum Gasteiger partial charge on any atom is 0.931 e. The third-order valence-electron chi connectivity index (χ3n) is 1.27. The van der Waals surface area contributed by atoms with E-state index in [1.807, 2.05) is 0 Å². The van der Waals surface area contributed by atoms with Gasteiger partial charge in [0, 0.05) is 0 Å². The smallest absolute Gasteiger partial charge is 0.412 e. The Bertz CT molecular complexity index is 407. The quantitative estimate of drug-likeness (QED) is 0.535. The van der Waals surface area contributed by atoms with E-state index in [1.165, 1.54) is 0 Å². The van der Waals surface area contributed by atoms with Gasteiger partial charge in [0.05, 0.1) is 0 Å². The van der Waals surface area contributed by atoms with Gasteiger partial charge in [-0.1, -0.05) is 0 Å². The molecule has 0 aromatic carbocycles. The maximum atomic E-state index is 13.0. The molecule has 0 atom stereocenters. The second kappa shape index (κ2) is 5.57. The van der Waals surface area contributed by atoms with E-state index in [2.05, 4.69) is 21.5 Å². The summed E-state index contributed by atoms with van der Waals surface area (Å²) in [7, 11) is -14.7. The standard InChI is InChI=1S/2Al.3FH2O3P.H2O/c;;3*1-5(2,3)4;/h;;3*(H2,2,3,4);1H2/q2*+3;;;;/p-6. The normalized spacial score (nSPS) is 24.8. The summed E-state index contributed by atoms with van der Waals surface area (Å²) in [5, 5.41) is 0. The fourth-order valence-corrected chi connectivity index (χ4v) is 8.44. The topological polar surface area (TPSA) is 138 Å². The largest absolute Gasteiger partial charge is 0.931 e. The fourth-order valence-electron chi connectivity index (χ4n) is 0.734. The first-order chi connectivity index (χ1) is 7.57. The first-order valence-corrected chi connectivity index (χ1v) is 10.7. The first kappa shape index (κ1) is 17.3. The number of rotatable bonds is 4. The van der Waals surface area contributed by atoms with Gasteiger partial charge in [-0.25, -0.2) is 13.7 Å². The average Bonchev–Trinajstić information content (AvgIpc) is 1.94. The molecule has 0 saturated carbocycles. The Labute approximate surface area is 107 Å². The van der Waals surface area contributed by atoms with Gasteiger partial charge in [0.15, 0.2) is 0 Å². The summed E-state index contributed by atoms with van der Waals surface area (Å²) in [5.41, 5.74) is 0. The van der Waals surface area contributed by atoms with Crippen LogP contribution in [0.1, 0.15) is 0 Å². The number of hydrogen-bond acceptors (Lipinski definition) is 9. The lowest BCUT2D eigenvalue weighted by Gasteiger charge is -2.28. The molecule has 18 heavy (non-hydrogen) atoms. The second-order valence-electron chi connectivity index (χ2n) is 2.50. The highest BCUT2D eigenvalue weighted by molar-refractivity contribution is 7.57. The van der Waals surface area contributed by atoms with Gasteiger partial charge in [0.25, 0.3) is 0 Å². The lowest BCUT2D eigenvalue weighted by atomic mass is 15.6. The predicted octanol–water partition coefficient (Wildman–Crippen LogP) is 1.49. The van der Waals surface area contributed by atoms with Gasteiger partial charge in [-0.15, -0.1) is 12.6 Å². The molecule has 2 saturated heterocycles. The van der Waals surface area contributed by atoms with Crippen molar-refractivity contribution >= 4 is 54.0 Å². The molecule has 0 bridgehead atoms. The molecule has 104 valence electrons. The summed E-state index contributed by atoms with van der Waals surface area (Å²) in [6.45, 7) is 0. The summed E-state index contributed by atoms with van der Waals surface area (Å²) < 4.78 is 91.7. The Morgan fingerprint density at radius 2 is 1.22 bits per heavy atom. The third-order valence-corrected chi connectivity index (χ3v) is 11.4. The average molecular weight is 366 g/mol. The molecule has 0 aliphatic carbocycles. The van der Waals surface area contributed by atoms with Crippen molar-refractivity contribution < 1.29 is 53.2 Å². The van der Waals surface area contributed by atoms with Gasteiger partial charge in [0.1, 0.15) is 0 Å². The van der Waals surface area contributed by atoms with E-state index < -0.39 is 54.0 Å². The maximum absolute atomic E-state index is 13.0. The Balaban J connectivity index is 0.00000162. The van der Waals surface area contributed by atoms with Crippen molar-refractivity contribution in [2.75, 3.05) is 0 Å². The number of halogens is 3. The molecule has 2 rings (SSSR count). The van der Waals surface area contributed by atoms with Crippen molar-refractivity contribution in [1.82, 2.24) is 0 Å². The van der Waals surface area contributed by atoms with Crippen molar-refractivity contribution in [3.05, 3.63) is 0 Å². The highest BCUT2D eigenvalue weighted by Gasteiger charge is 2.64. The van der Waals surface area contributed by atoms with E-state index in [1.54, 1.807) is 0 Å². The van der Waals surface area contributed by atoms with Gasteiger partial charge >= 0.3 is 54.0 Å². The molecule has 0 amide bonds. The highest BCUT2D eigenvalue weighted by Crippen LogP contribution is 2.66. The molecular formula is H2Al2F3O10P3. The Hall–Kier alpha value is 1.26. The molecule has 0 spiro atoms. The summed E-state index contributed by atoms with van der Waals surface area (Å²) in [5.74, 6) is 0. The van der Waals surface area contributed by atoms with Crippen molar-refractivity contribution in [1.29, 1.82) is 0 Å². The molecule has 2 heterocycles. The molecule has 0 radical (unpaired) electrons. The van der Waals surface area contributed by atoms with Crippen LogP contribution < -0.4 is 0 Å². The van der Waals surface area contributed by atoms with Gasteiger partial charge < -0.3 is 26.9 Å². The lowest BCUT2D eigenvalue weighted by Crippen LogP contribution is -2.35. The SMILES string of the molecule is O.O=P1(F)[O][Al]([O]P(=O)(F)[O][Al]2[O]P(=O)(F)[O]2)[O]1. The molecule has 0 aromatic heterocycles. The zero-order chi connectivity index (χ0) is 12.9. The van der Waals surface area contributed by atoms with Crippen molar-refractivity contribution in [3.8, 4) is 0 Å². The van der Waals surface area contributed by atoms with Gasteiger partial charge in [-0.2, -0.15) is 0 Å². The molecule has 18 heteroatoms. The van der Waals surface area contributed by atoms with E-state index in [9.17, 15) is 26.3 Å². The molecule has 2 aliphatic heterocycles. The molecule has 0 aromatic rings. The predicted molar refractivity (Wildman–Crippen MR) is 47.8 cm³/mol. The van der Waals surface area contributed by atoms with Gasteiger partial charge in [-0.05, 0) is 0 Å². The lowest BCUT2D eigenvalue weighted by molar-refractivity contribution is 0.143. The zero-order valence-electron chi connectivity index (χ0n) is 7.80. The van der Waals surface area contributed by atoms with Crippen LogP contribution in [-0.4, -0.2) is 35.8 Å². The van der Waals surface area contributed by atoms with Crippen LogP contribution in [0.25, 0.3) is 0 Å². The van der Waals surface area contributed by atoms with Crippen LogP contribution in [0, 0.1) is 0 Å². The van der Waals surface area contributed by atoms with Crippen molar-refractivity contribution in [2.24, 2.45) is 0 Å². The van der Waals surface area contributed by atoms with Crippen LogP contribution in [0.4, 0.5) is 12.6 Å². The molecule has 2 N–H and O–H groups in total. The van der Waals surface area contributed by atoms with E-state index in [4.69, 9.17) is 0 Å². The van der Waals surface area contributed by atoms with Crippen LogP contribution in [0.5, 0.6) is 0 Å². The molecule has 0 unspecified atom stereocenters. The highest BCUT2D eigenvalue weighted by atomic mass is 31.2. The molecule has 10 nitrogen and oxygen atoms in total. The minimum Gasteiger partial charge on any atom is -0.412 e. The van der Waals surface area contributed by atoms with Crippen LogP contribution >= 0.6 is 23.7 Å². The molecular weight excluding hydrogens is 364 g/mol. The fraction of sp³-hybridized carbons (Fsp3) is 0. The molecule has 2 aliphatic rings. The van der Waals surface area contributed by atoms with Crippen LogP contribution in [-0.2, 0) is 35.1 Å². The van der Waals surface area contributed by atoms with E-state index >= 15 is 0 Å². The minimum atomic E-state index is -5.30. The summed E-state index contributed by atoms with van der Waals surface area (Å²) in [6.07, 6.45) is 0. The van der Waals surface area contributed by atoms with E-state index in [-0.39, 0.29) is 5.48 Å². The van der Waals surface area contributed by atoms with Gasteiger partial charge in [-0.3, -0.25) is 0 Å². The third kappa shape index (κ3) is 4.67. The van der Waals surface area contributed by atoms with Crippen molar-refractivity contribution in [2.45, 2.75) is 0 Å². The summed E-state index contributed by atoms with van der Waals surface area (Å²) in [6, 6.07) is 0. The second-order valence-corrected chi connectivity index (χ2v) is 11.3. The van der Waals surface area contributed by atoms with Gasteiger partial charge in [0.2, 0.25) is 0 Å². The Morgan fingerprint density at radius 3 is 1.44 bits per heavy atom. The zero-order valence-corrected chi connectivity index (χ0v) is 12.8. The molecule has 2 fully saturated rings. The van der Waals surface area contributed by atoms with E-state index in [0.717, 1.165) is 0 Å². The van der Waals surface area contributed by atoms with Crippen LogP contribution in [0.15, 0.2) is 0 Å². The Morgan fingerprint density at radius 1 is 0.944 bits per heavy atom. The minimum absolute atomic E-state index is 0. The summed E-state index contributed by atoms with van der Waals surface area (Å²) >= 11 is -6.97.